The van der Waals surface area contributed by atoms with Gasteiger partial charge >= 0.3 is 5.97 Å². The highest BCUT2D eigenvalue weighted by Crippen LogP contribution is 2.31. The van der Waals surface area contributed by atoms with E-state index >= 15 is 0 Å². The van der Waals surface area contributed by atoms with Crippen molar-refractivity contribution >= 4 is 33.3 Å². The molecular weight excluding hydrogens is 426 g/mol. The molecule has 0 unspecified atom stereocenters. The topological polar surface area (TPSA) is 83.9 Å². The van der Waals surface area contributed by atoms with Crippen molar-refractivity contribution in [3.05, 3.63) is 95.0 Å². The van der Waals surface area contributed by atoms with Crippen molar-refractivity contribution in [1.29, 1.82) is 0 Å². The summed E-state index contributed by atoms with van der Waals surface area (Å²) in [7, 11) is -4.12. The molecular formula is C22H20ClNO5S. The van der Waals surface area contributed by atoms with E-state index in [2.05, 4.69) is 0 Å². The van der Waals surface area contributed by atoms with Crippen molar-refractivity contribution in [3.8, 4) is 0 Å². The van der Waals surface area contributed by atoms with Crippen LogP contribution in [0, 0.1) is 0 Å². The van der Waals surface area contributed by atoms with Crippen LogP contribution in [0.2, 0.25) is 5.02 Å². The molecule has 0 spiro atoms. The van der Waals surface area contributed by atoms with Gasteiger partial charge in [-0.3, -0.25) is 4.31 Å². The summed E-state index contributed by atoms with van der Waals surface area (Å²) in [4.78, 5) is 11.9. The first-order valence-electron chi connectivity index (χ1n) is 9.12. The quantitative estimate of drug-likeness (QED) is 0.532. The highest BCUT2D eigenvalue weighted by atomic mass is 35.5. The molecule has 0 heterocycles. The Labute approximate surface area is 180 Å². The van der Waals surface area contributed by atoms with Gasteiger partial charge in [-0.15, -0.1) is 0 Å². The fourth-order valence-electron chi connectivity index (χ4n) is 2.83. The molecule has 0 aromatic heterocycles. The number of rotatable bonds is 8. The van der Waals surface area contributed by atoms with Crippen molar-refractivity contribution in [1.82, 2.24) is 0 Å². The molecule has 0 atom stereocenters. The van der Waals surface area contributed by atoms with E-state index < -0.39 is 16.0 Å². The lowest BCUT2D eigenvalue weighted by atomic mass is 10.2. The van der Waals surface area contributed by atoms with Crippen LogP contribution in [0.3, 0.4) is 0 Å². The maximum atomic E-state index is 13.6. The lowest BCUT2D eigenvalue weighted by molar-refractivity contribution is 0.0433. The van der Waals surface area contributed by atoms with Crippen LogP contribution in [0.5, 0.6) is 0 Å². The number of benzene rings is 3. The van der Waals surface area contributed by atoms with Gasteiger partial charge in [0.2, 0.25) is 0 Å². The summed E-state index contributed by atoms with van der Waals surface area (Å²) in [6.07, 6.45) is 0. The van der Waals surface area contributed by atoms with Crippen molar-refractivity contribution in [2.75, 3.05) is 17.5 Å². The Morgan fingerprint density at radius 3 is 2.23 bits per heavy atom. The van der Waals surface area contributed by atoms with Crippen LogP contribution in [0.4, 0.5) is 5.69 Å². The monoisotopic (exact) mass is 445 g/mol. The summed E-state index contributed by atoms with van der Waals surface area (Å²) in [5.41, 5.74) is 1.28. The predicted molar refractivity (Wildman–Crippen MR) is 115 cm³/mol. The normalized spacial score (nSPS) is 11.1. The number of aliphatic hydroxyl groups excluding tert-OH is 1. The van der Waals surface area contributed by atoms with Gasteiger partial charge in [0.25, 0.3) is 10.0 Å². The molecule has 0 saturated carbocycles. The van der Waals surface area contributed by atoms with Gasteiger partial charge in [-0.25, -0.2) is 13.2 Å². The summed E-state index contributed by atoms with van der Waals surface area (Å²) in [5, 5.41) is 8.82. The number of para-hydroxylation sites is 1. The van der Waals surface area contributed by atoms with Crippen LogP contribution in [-0.2, 0) is 21.3 Å². The Kier molecular flexibility index (Phi) is 7.10. The number of anilines is 1. The Morgan fingerprint density at radius 1 is 0.967 bits per heavy atom. The van der Waals surface area contributed by atoms with E-state index in [9.17, 15) is 13.2 Å². The number of nitrogens with zero attached hydrogens (tertiary/aromatic N) is 1. The molecule has 30 heavy (non-hydrogen) atoms. The van der Waals surface area contributed by atoms with E-state index in [1.165, 1.54) is 22.5 Å². The molecule has 0 fully saturated rings. The van der Waals surface area contributed by atoms with Crippen LogP contribution < -0.4 is 4.31 Å². The van der Waals surface area contributed by atoms with E-state index in [1.807, 2.05) is 30.3 Å². The van der Waals surface area contributed by atoms with Gasteiger partial charge in [0.1, 0.15) is 11.5 Å². The standard InChI is InChI=1S/C22H20ClNO5S/c23-20-12-11-18(22(26)29-14-13-25)15-21(20)30(27,28)24(19-9-5-2-6-10-19)16-17-7-3-1-4-8-17/h1-12,15,25H,13-14,16H2. The summed E-state index contributed by atoms with van der Waals surface area (Å²) in [5.74, 6) is -0.744. The fourth-order valence-corrected chi connectivity index (χ4v) is 4.78. The molecule has 6 nitrogen and oxygen atoms in total. The Hall–Kier alpha value is -2.87. The van der Waals surface area contributed by atoms with Crippen molar-refractivity contribution in [2.24, 2.45) is 0 Å². The maximum Gasteiger partial charge on any atom is 0.338 e. The van der Waals surface area contributed by atoms with Gasteiger partial charge in [0, 0.05) is 0 Å². The first-order valence-corrected chi connectivity index (χ1v) is 10.9. The van der Waals surface area contributed by atoms with E-state index in [1.54, 1.807) is 30.3 Å². The second kappa shape index (κ2) is 9.75. The molecule has 0 amide bonds. The van der Waals surface area contributed by atoms with Crippen LogP contribution in [0.25, 0.3) is 0 Å². The largest absolute Gasteiger partial charge is 0.460 e. The number of hydrogen-bond donors (Lipinski definition) is 1. The third-order valence-electron chi connectivity index (χ3n) is 4.27. The van der Waals surface area contributed by atoms with E-state index in [4.69, 9.17) is 21.4 Å². The second-order valence-corrected chi connectivity index (χ2v) is 8.58. The molecule has 8 heteroatoms. The Morgan fingerprint density at radius 2 is 1.60 bits per heavy atom. The number of ether oxygens (including phenoxy) is 1. The molecule has 0 radical (unpaired) electrons. The first kappa shape index (κ1) is 21.8. The Balaban J connectivity index is 2.06. The molecule has 3 aromatic carbocycles. The number of hydrogen-bond acceptors (Lipinski definition) is 5. The zero-order valence-electron chi connectivity index (χ0n) is 15.9. The zero-order valence-corrected chi connectivity index (χ0v) is 17.5. The zero-order chi connectivity index (χ0) is 21.6. The van der Waals surface area contributed by atoms with Gasteiger partial charge in [-0.2, -0.15) is 0 Å². The minimum absolute atomic E-state index is 0.0114. The molecule has 0 aliphatic carbocycles. The summed E-state index contributed by atoms with van der Waals surface area (Å²) in [6, 6.07) is 21.7. The molecule has 0 saturated heterocycles. The highest BCUT2D eigenvalue weighted by molar-refractivity contribution is 7.93. The minimum atomic E-state index is -4.12. The average molecular weight is 446 g/mol. The fraction of sp³-hybridized carbons (Fsp3) is 0.136. The molecule has 0 aliphatic heterocycles. The van der Waals surface area contributed by atoms with Gasteiger partial charge in [-0.1, -0.05) is 60.1 Å². The summed E-state index contributed by atoms with van der Waals surface area (Å²) >= 11 is 6.23. The van der Waals surface area contributed by atoms with Crippen molar-refractivity contribution in [3.63, 3.8) is 0 Å². The lowest BCUT2D eigenvalue weighted by Gasteiger charge is -2.25. The van der Waals surface area contributed by atoms with Crippen LogP contribution in [0.15, 0.2) is 83.8 Å². The van der Waals surface area contributed by atoms with Crippen LogP contribution in [-0.4, -0.2) is 32.7 Å². The molecule has 3 rings (SSSR count). The average Bonchev–Trinajstić information content (AvgIpc) is 2.77. The molecule has 0 aliphatic rings. The number of carbonyl (C=O) groups is 1. The maximum absolute atomic E-state index is 13.6. The molecule has 3 aromatic rings. The lowest BCUT2D eigenvalue weighted by Crippen LogP contribution is -2.31. The van der Waals surface area contributed by atoms with Gasteiger partial charge < -0.3 is 9.84 Å². The number of carbonyl (C=O) groups excluding carboxylic acids is 1. The van der Waals surface area contributed by atoms with Crippen molar-refractivity contribution < 1.29 is 23.1 Å². The van der Waals surface area contributed by atoms with Gasteiger partial charge in [0.05, 0.1) is 29.4 Å². The van der Waals surface area contributed by atoms with E-state index in [0.717, 1.165) is 5.56 Å². The third-order valence-corrected chi connectivity index (χ3v) is 6.53. The number of sulfonamides is 1. The van der Waals surface area contributed by atoms with Crippen LogP contribution >= 0.6 is 11.6 Å². The van der Waals surface area contributed by atoms with Crippen LogP contribution in [0.1, 0.15) is 15.9 Å². The van der Waals surface area contributed by atoms with E-state index in [0.29, 0.717) is 5.69 Å². The minimum Gasteiger partial charge on any atom is -0.460 e. The third kappa shape index (κ3) is 4.99. The molecule has 0 bridgehead atoms. The second-order valence-electron chi connectivity index (χ2n) is 6.34. The SMILES string of the molecule is O=C(OCCO)c1ccc(Cl)c(S(=O)(=O)N(Cc2ccccc2)c2ccccc2)c1. The smallest absolute Gasteiger partial charge is 0.338 e. The van der Waals surface area contributed by atoms with Gasteiger partial charge in [-0.05, 0) is 35.9 Å². The van der Waals surface area contributed by atoms with E-state index in [-0.39, 0.29) is 35.2 Å². The summed E-state index contributed by atoms with van der Waals surface area (Å²) < 4.78 is 33.3. The number of esters is 1. The number of halogens is 1. The van der Waals surface area contributed by atoms with Gasteiger partial charge in [0.15, 0.2) is 0 Å². The first-order chi connectivity index (χ1) is 14.4. The number of aliphatic hydroxyl groups is 1. The molecule has 156 valence electrons. The Bertz CT molecular complexity index is 1100. The molecule has 1 N–H and O–H groups in total. The van der Waals surface area contributed by atoms with Crippen molar-refractivity contribution in [2.45, 2.75) is 11.4 Å². The predicted octanol–water partition coefficient (Wildman–Crippen LogP) is 3.88. The summed E-state index contributed by atoms with van der Waals surface area (Å²) in [6.45, 7) is -0.431. The highest BCUT2D eigenvalue weighted by Gasteiger charge is 2.28.